The Kier molecular flexibility index (Phi) is 8.45. The Bertz CT molecular complexity index is 1110. The molecule has 0 saturated carbocycles. The molecule has 1 aromatic heterocycles. The molecule has 0 aliphatic heterocycles. The van der Waals surface area contributed by atoms with Crippen molar-refractivity contribution in [3.05, 3.63) is 107 Å². The Morgan fingerprint density at radius 2 is 1.69 bits per heavy atom. The molecule has 0 aliphatic rings. The van der Waals surface area contributed by atoms with Crippen molar-refractivity contribution in [3.8, 4) is 5.75 Å². The monoisotopic (exact) mass is 491 g/mol. The Balaban J connectivity index is 1.93. The second-order valence-corrected chi connectivity index (χ2v) is 7.94. The third-order valence-electron chi connectivity index (χ3n) is 5.63. The van der Waals surface area contributed by atoms with E-state index in [1.165, 1.54) is 25.3 Å². The number of alkyl halides is 3. The molecule has 4 nitrogen and oxygen atoms in total. The van der Waals surface area contributed by atoms with Gasteiger partial charge in [-0.2, -0.15) is 13.2 Å². The fourth-order valence-corrected chi connectivity index (χ4v) is 3.76. The molecule has 186 valence electrons. The van der Waals surface area contributed by atoms with Crippen LogP contribution >= 0.6 is 0 Å². The van der Waals surface area contributed by atoms with Gasteiger partial charge in [-0.05, 0) is 47.7 Å². The highest BCUT2D eigenvalue weighted by molar-refractivity contribution is 5.34. The summed E-state index contributed by atoms with van der Waals surface area (Å²) in [6.45, 7) is 4.05. The molecule has 0 amide bonds. The molecule has 2 N–H and O–H groups in total. The number of ether oxygens (including phenoxy) is 1. The molecule has 0 aliphatic carbocycles. The van der Waals surface area contributed by atoms with Crippen LogP contribution in [0.1, 0.15) is 40.9 Å². The van der Waals surface area contributed by atoms with Crippen molar-refractivity contribution in [1.29, 1.82) is 0 Å². The van der Waals surface area contributed by atoms with Crippen LogP contribution in [0.2, 0.25) is 0 Å². The molecule has 3 rings (SSSR count). The highest BCUT2D eigenvalue weighted by Crippen LogP contribution is 2.32. The van der Waals surface area contributed by atoms with Gasteiger partial charge in [0.15, 0.2) is 17.4 Å². The van der Waals surface area contributed by atoms with E-state index < -0.39 is 41.3 Å². The van der Waals surface area contributed by atoms with Crippen molar-refractivity contribution < 1.29 is 26.7 Å². The molecule has 0 fully saturated rings. The van der Waals surface area contributed by atoms with Gasteiger partial charge in [0.25, 0.3) is 0 Å². The molecule has 1 heterocycles. The molecular formula is C26H26F5N3O. The standard InChI is InChI=1S/C26H26F5N3O/c1-16(32-2)24(18-7-5-4-6-8-18)34-22(19-13-20(27)25(35-3)21(28)14-19)11-9-17-10-12-23(33-15-17)26(29,30)31/h4-8,10,12-15,22,24,32,34H,1,9,11H2,2-3H3. The summed E-state index contributed by atoms with van der Waals surface area (Å²) in [4.78, 5) is 3.50. The molecule has 0 spiro atoms. The van der Waals surface area contributed by atoms with Gasteiger partial charge in [0.2, 0.25) is 0 Å². The van der Waals surface area contributed by atoms with Crippen molar-refractivity contribution in [2.75, 3.05) is 14.2 Å². The highest BCUT2D eigenvalue weighted by Gasteiger charge is 2.32. The van der Waals surface area contributed by atoms with E-state index in [2.05, 4.69) is 22.2 Å². The van der Waals surface area contributed by atoms with E-state index in [0.717, 1.165) is 17.8 Å². The number of aromatic nitrogens is 1. The summed E-state index contributed by atoms with van der Waals surface area (Å²) in [6.07, 6.45) is -2.74. The summed E-state index contributed by atoms with van der Waals surface area (Å²) >= 11 is 0. The number of nitrogens with one attached hydrogen (secondary N) is 2. The zero-order valence-corrected chi connectivity index (χ0v) is 19.3. The third kappa shape index (κ3) is 6.57. The lowest BCUT2D eigenvalue weighted by Gasteiger charge is -2.28. The Morgan fingerprint density at radius 3 is 2.20 bits per heavy atom. The smallest absolute Gasteiger partial charge is 0.433 e. The predicted molar refractivity (Wildman–Crippen MR) is 124 cm³/mol. The van der Waals surface area contributed by atoms with Crippen LogP contribution in [0.25, 0.3) is 0 Å². The second-order valence-electron chi connectivity index (χ2n) is 7.94. The first-order valence-corrected chi connectivity index (χ1v) is 10.9. The van der Waals surface area contributed by atoms with Gasteiger partial charge in [0, 0.05) is 25.0 Å². The van der Waals surface area contributed by atoms with E-state index in [1.54, 1.807) is 7.05 Å². The molecule has 9 heteroatoms. The zero-order valence-electron chi connectivity index (χ0n) is 19.3. The quantitative estimate of drug-likeness (QED) is 0.335. The summed E-state index contributed by atoms with van der Waals surface area (Å²) in [6, 6.07) is 13.0. The zero-order chi connectivity index (χ0) is 25.6. The number of aryl methyl sites for hydroxylation is 1. The minimum absolute atomic E-state index is 0.311. The molecule has 35 heavy (non-hydrogen) atoms. The summed E-state index contributed by atoms with van der Waals surface area (Å²) < 4.78 is 72.4. The van der Waals surface area contributed by atoms with Crippen molar-refractivity contribution in [2.24, 2.45) is 0 Å². The van der Waals surface area contributed by atoms with E-state index in [1.807, 2.05) is 30.3 Å². The van der Waals surface area contributed by atoms with Crippen LogP contribution in [0.5, 0.6) is 5.75 Å². The number of rotatable bonds is 10. The summed E-state index contributed by atoms with van der Waals surface area (Å²) in [5.74, 6) is -2.19. The van der Waals surface area contributed by atoms with Gasteiger partial charge >= 0.3 is 6.18 Å². The maximum Gasteiger partial charge on any atom is 0.433 e. The van der Waals surface area contributed by atoms with Crippen LogP contribution < -0.4 is 15.4 Å². The number of likely N-dealkylation sites (N-methyl/N-ethyl adjacent to an activating group) is 1. The first kappa shape index (κ1) is 26.2. The fourth-order valence-electron chi connectivity index (χ4n) is 3.76. The van der Waals surface area contributed by atoms with Crippen molar-refractivity contribution in [3.63, 3.8) is 0 Å². The lowest BCUT2D eigenvalue weighted by atomic mass is 9.95. The number of pyridine rings is 1. The van der Waals surface area contributed by atoms with Crippen LogP contribution in [0, 0.1) is 11.6 Å². The minimum Gasteiger partial charge on any atom is -0.491 e. The number of nitrogens with zero attached hydrogens (tertiary/aromatic N) is 1. The van der Waals surface area contributed by atoms with Crippen LogP contribution in [-0.2, 0) is 12.6 Å². The van der Waals surface area contributed by atoms with Gasteiger partial charge in [-0.3, -0.25) is 10.3 Å². The van der Waals surface area contributed by atoms with Crippen LogP contribution in [-0.4, -0.2) is 19.1 Å². The maximum absolute atomic E-state index is 14.5. The average molecular weight is 492 g/mol. The number of halogens is 5. The van der Waals surface area contributed by atoms with E-state index in [9.17, 15) is 22.0 Å². The second kappa shape index (κ2) is 11.3. The average Bonchev–Trinajstić information content (AvgIpc) is 2.83. The first-order valence-electron chi connectivity index (χ1n) is 10.9. The SMILES string of the molecule is C=C(NC)C(NC(CCc1ccc(C(F)(F)F)nc1)c1cc(F)c(OC)c(F)c1)c1ccccc1. The van der Waals surface area contributed by atoms with E-state index in [0.29, 0.717) is 29.7 Å². The Morgan fingerprint density at radius 1 is 1.03 bits per heavy atom. The van der Waals surface area contributed by atoms with E-state index >= 15 is 0 Å². The van der Waals surface area contributed by atoms with Crippen LogP contribution in [0.4, 0.5) is 22.0 Å². The van der Waals surface area contributed by atoms with Crippen molar-refractivity contribution in [1.82, 2.24) is 15.6 Å². The maximum atomic E-state index is 14.5. The Labute approximate surface area is 200 Å². The third-order valence-corrected chi connectivity index (χ3v) is 5.63. The van der Waals surface area contributed by atoms with Gasteiger partial charge in [0.1, 0.15) is 5.69 Å². The minimum atomic E-state index is -4.53. The molecule has 3 aromatic rings. The van der Waals surface area contributed by atoms with Gasteiger partial charge in [-0.15, -0.1) is 0 Å². The normalized spacial score (nSPS) is 13.2. The highest BCUT2D eigenvalue weighted by atomic mass is 19.4. The molecule has 0 bridgehead atoms. The van der Waals surface area contributed by atoms with Gasteiger partial charge < -0.3 is 10.1 Å². The largest absolute Gasteiger partial charge is 0.491 e. The van der Waals surface area contributed by atoms with E-state index in [-0.39, 0.29) is 0 Å². The van der Waals surface area contributed by atoms with Crippen molar-refractivity contribution >= 4 is 0 Å². The molecule has 2 aromatic carbocycles. The van der Waals surface area contributed by atoms with Gasteiger partial charge in [-0.25, -0.2) is 8.78 Å². The molecule has 0 radical (unpaired) electrons. The fraction of sp³-hybridized carbons (Fsp3) is 0.269. The summed E-state index contributed by atoms with van der Waals surface area (Å²) in [7, 11) is 2.90. The number of hydrogen-bond donors (Lipinski definition) is 2. The van der Waals surface area contributed by atoms with Gasteiger partial charge in [0.05, 0.1) is 13.2 Å². The topological polar surface area (TPSA) is 46.2 Å². The molecule has 2 unspecified atom stereocenters. The number of benzene rings is 2. The summed E-state index contributed by atoms with van der Waals surface area (Å²) in [5, 5.41) is 6.41. The first-order chi connectivity index (χ1) is 16.6. The summed E-state index contributed by atoms with van der Waals surface area (Å²) in [5.41, 5.74) is 1.41. The predicted octanol–water partition coefficient (Wildman–Crippen LogP) is 6.13. The lowest BCUT2D eigenvalue weighted by Crippen LogP contribution is -2.31. The molecule has 0 saturated heterocycles. The van der Waals surface area contributed by atoms with Gasteiger partial charge in [-0.1, -0.05) is 43.0 Å². The van der Waals surface area contributed by atoms with Crippen LogP contribution in [0.15, 0.2) is 73.1 Å². The number of hydrogen-bond acceptors (Lipinski definition) is 4. The van der Waals surface area contributed by atoms with Crippen LogP contribution in [0.3, 0.4) is 0 Å². The lowest BCUT2D eigenvalue weighted by molar-refractivity contribution is -0.141. The number of methoxy groups -OCH3 is 1. The molecule has 2 atom stereocenters. The molecular weight excluding hydrogens is 465 g/mol. The van der Waals surface area contributed by atoms with E-state index in [4.69, 9.17) is 4.74 Å². The van der Waals surface area contributed by atoms with Crippen molar-refractivity contribution in [2.45, 2.75) is 31.1 Å². The Hall–Kier alpha value is -3.46.